The summed E-state index contributed by atoms with van der Waals surface area (Å²) in [4.78, 5) is 25.6. The number of aliphatic hydroxyl groups is 1. The maximum atomic E-state index is 13.9. The van der Waals surface area contributed by atoms with Gasteiger partial charge in [0.15, 0.2) is 5.78 Å². The number of rotatable bonds is 4. The molecule has 0 aromatic carbocycles. The van der Waals surface area contributed by atoms with Gasteiger partial charge in [0.2, 0.25) is 0 Å². The Morgan fingerprint density at radius 2 is 1.84 bits per heavy atom. The van der Waals surface area contributed by atoms with Crippen LogP contribution < -0.4 is 0 Å². The number of allylic oxidation sites excluding steroid dienone is 2. The first-order chi connectivity index (χ1) is 14.7. The van der Waals surface area contributed by atoms with Gasteiger partial charge in [0.05, 0.1) is 13.2 Å². The van der Waals surface area contributed by atoms with Gasteiger partial charge in [-0.3, -0.25) is 9.59 Å². The summed E-state index contributed by atoms with van der Waals surface area (Å²) in [6, 6.07) is 0. The van der Waals surface area contributed by atoms with E-state index < -0.39 is 0 Å². The molecule has 4 nitrogen and oxygen atoms in total. The summed E-state index contributed by atoms with van der Waals surface area (Å²) in [5.74, 6) is 2.57. The van der Waals surface area contributed by atoms with Crippen molar-refractivity contribution >= 4 is 11.8 Å². The molecule has 0 radical (unpaired) electrons. The van der Waals surface area contributed by atoms with Crippen LogP contribution in [0.2, 0.25) is 0 Å². The molecule has 0 aliphatic heterocycles. The van der Waals surface area contributed by atoms with Gasteiger partial charge in [-0.25, -0.2) is 0 Å². The Hall–Kier alpha value is -1.16. The summed E-state index contributed by atoms with van der Waals surface area (Å²) in [7, 11) is 1.47. The summed E-state index contributed by atoms with van der Waals surface area (Å²) in [5.41, 5.74) is 1.33. The smallest absolute Gasteiger partial charge is 0.305 e. The molecule has 1 N–H and O–H groups in total. The molecule has 5 unspecified atom stereocenters. The average molecular weight is 431 g/mol. The molecule has 0 bridgehead atoms. The van der Waals surface area contributed by atoms with E-state index in [0.717, 1.165) is 44.1 Å². The average Bonchev–Trinajstić information content (AvgIpc) is 3.10. The summed E-state index contributed by atoms with van der Waals surface area (Å²) in [6.45, 7) is 9.18. The Morgan fingerprint density at radius 3 is 2.52 bits per heavy atom. The summed E-state index contributed by atoms with van der Waals surface area (Å²) < 4.78 is 4.87. The van der Waals surface area contributed by atoms with E-state index in [2.05, 4.69) is 26.8 Å². The van der Waals surface area contributed by atoms with Crippen molar-refractivity contribution in [1.29, 1.82) is 0 Å². The number of carbonyl (C=O) groups excluding carboxylic acids is 2. The van der Waals surface area contributed by atoms with Crippen LogP contribution in [0, 0.1) is 46.3 Å². The largest absolute Gasteiger partial charge is 0.469 e. The zero-order chi connectivity index (χ0) is 22.6. The van der Waals surface area contributed by atoms with Crippen molar-refractivity contribution in [1.82, 2.24) is 0 Å². The van der Waals surface area contributed by atoms with Gasteiger partial charge in [0.1, 0.15) is 0 Å². The van der Waals surface area contributed by atoms with Gasteiger partial charge in [-0.15, -0.1) is 0 Å². The molecule has 4 fully saturated rings. The van der Waals surface area contributed by atoms with Crippen molar-refractivity contribution in [3.05, 3.63) is 11.6 Å². The van der Waals surface area contributed by atoms with E-state index in [1.165, 1.54) is 20.0 Å². The Bertz CT molecular complexity index is 756. The first-order valence-corrected chi connectivity index (χ1v) is 12.6. The van der Waals surface area contributed by atoms with Gasteiger partial charge in [-0.05, 0) is 104 Å². The van der Waals surface area contributed by atoms with Crippen LogP contribution in [-0.2, 0) is 14.3 Å². The minimum absolute atomic E-state index is 0.117. The van der Waals surface area contributed by atoms with Crippen LogP contribution in [-0.4, -0.2) is 30.1 Å². The SMILES string of the molecule is C/C=C1/C(=O)C2C(CC[C@@]3(C)C2CCC3[C@H](C)CCC(=O)OC)[C@@]2(C)CC[C@@H](O)CC12. The maximum Gasteiger partial charge on any atom is 0.305 e. The molecule has 4 aliphatic carbocycles. The van der Waals surface area contributed by atoms with E-state index in [4.69, 9.17) is 4.74 Å². The second-order valence-corrected chi connectivity index (χ2v) is 11.7. The van der Waals surface area contributed by atoms with Gasteiger partial charge in [-0.2, -0.15) is 0 Å². The molecule has 4 heteroatoms. The number of hydrogen-bond acceptors (Lipinski definition) is 4. The molecule has 0 saturated heterocycles. The first-order valence-electron chi connectivity index (χ1n) is 12.6. The number of fused-ring (bicyclic) bond motifs is 5. The molecule has 31 heavy (non-hydrogen) atoms. The van der Waals surface area contributed by atoms with Gasteiger partial charge in [0, 0.05) is 12.3 Å². The van der Waals surface area contributed by atoms with Crippen LogP contribution in [0.3, 0.4) is 0 Å². The zero-order valence-electron chi connectivity index (χ0n) is 20.2. The highest BCUT2D eigenvalue weighted by molar-refractivity contribution is 5.99. The van der Waals surface area contributed by atoms with Gasteiger partial charge in [0.25, 0.3) is 0 Å². The number of Topliss-reactive ketones (excluding diaryl/α,β-unsaturated/α-hetero) is 1. The van der Waals surface area contributed by atoms with Crippen molar-refractivity contribution in [3.8, 4) is 0 Å². The Morgan fingerprint density at radius 1 is 1.16 bits per heavy atom. The third-order valence-corrected chi connectivity index (χ3v) is 10.5. The van der Waals surface area contributed by atoms with E-state index in [1.807, 2.05) is 6.92 Å². The molecule has 0 heterocycles. The molecular formula is C27H42O4. The van der Waals surface area contributed by atoms with Crippen LogP contribution in [0.25, 0.3) is 0 Å². The van der Waals surface area contributed by atoms with Gasteiger partial charge in [-0.1, -0.05) is 26.8 Å². The highest BCUT2D eigenvalue weighted by Gasteiger charge is 2.64. The molecule has 174 valence electrons. The van der Waals surface area contributed by atoms with Crippen molar-refractivity contribution in [2.24, 2.45) is 46.3 Å². The number of hydrogen-bond donors (Lipinski definition) is 1. The predicted molar refractivity (Wildman–Crippen MR) is 121 cm³/mol. The minimum Gasteiger partial charge on any atom is -0.469 e. The fraction of sp³-hybridized carbons (Fsp3) is 0.852. The van der Waals surface area contributed by atoms with E-state index in [-0.39, 0.29) is 34.7 Å². The quantitative estimate of drug-likeness (QED) is 0.484. The molecule has 9 atom stereocenters. The van der Waals surface area contributed by atoms with Crippen LogP contribution in [0.5, 0.6) is 0 Å². The van der Waals surface area contributed by atoms with Crippen molar-refractivity contribution < 1.29 is 19.4 Å². The molecule has 0 aromatic rings. The van der Waals surface area contributed by atoms with E-state index in [0.29, 0.717) is 35.9 Å². The normalized spacial score (nSPS) is 46.8. The maximum absolute atomic E-state index is 13.9. The zero-order valence-corrected chi connectivity index (χ0v) is 20.2. The topological polar surface area (TPSA) is 63.6 Å². The van der Waals surface area contributed by atoms with Gasteiger partial charge < -0.3 is 9.84 Å². The summed E-state index contributed by atoms with van der Waals surface area (Å²) in [6.07, 6.45) is 10.4. The molecule has 4 saturated carbocycles. The van der Waals surface area contributed by atoms with Crippen molar-refractivity contribution in [2.75, 3.05) is 7.11 Å². The molecule has 4 rings (SSSR count). The van der Waals surface area contributed by atoms with Crippen molar-refractivity contribution in [3.63, 3.8) is 0 Å². The second-order valence-electron chi connectivity index (χ2n) is 11.7. The summed E-state index contributed by atoms with van der Waals surface area (Å²) in [5, 5.41) is 10.4. The van der Waals surface area contributed by atoms with Crippen LogP contribution in [0.1, 0.15) is 85.5 Å². The third-order valence-electron chi connectivity index (χ3n) is 10.5. The Kier molecular flexibility index (Phi) is 6.17. The number of esters is 1. The lowest BCUT2D eigenvalue weighted by molar-refractivity contribution is -0.150. The van der Waals surface area contributed by atoms with E-state index in [1.54, 1.807) is 0 Å². The second kappa shape index (κ2) is 8.32. The van der Waals surface area contributed by atoms with Crippen LogP contribution in [0.15, 0.2) is 11.6 Å². The highest BCUT2D eigenvalue weighted by Crippen LogP contribution is 2.68. The summed E-state index contributed by atoms with van der Waals surface area (Å²) >= 11 is 0. The number of ketones is 1. The number of ether oxygens (including phenoxy) is 1. The lowest BCUT2D eigenvalue weighted by Gasteiger charge is -2.61. The monoisotopic (exact) mass is 430 g/mol. The first kappa shape index (κ1) is 23.0. The van der Waals surface area contributed by atoms with E-state index >= 15 is 0 Å². The van der Waals surface area contributed by atoms with Crippen LogP contribution >= 0.6 is 0 Å². The minimum atomic E-state index is -0.266. The van der Waals surface area contributed by atoms with E-state index in [9.17, 15) is 14.7 Å². The molecule has 0 amide bonds. The molecule has 0 aromatic heterocycles. The number of aliphatic hydroxyl groups excluding tert-OH is 1. The fourth-order valence-corrected chi connectivity index (χ4v) is 8.81. The van der Waals surface area contributed by atoms with Gasteiger partial charge >= 0.3 is 5.97 Å². The predicted octanol–water partition coefficient (Wildman–Crippen LogP) is 5.33. The molecular weight excluding hydrogens is 388 g/mol. The number of carbonyl (C=O) groups is 2. The number of methoxy groups -OCH3 is 1. The van der Waals surface area contributed by atoms with Crippen molar-refractivity contribution in [2.45, 2.75) is 91.6 Å². The lowest BCUT2D eigenvalue weighted by atomic mass is 9.43. The standard InChI is InChI=1S/C27H42O4/c1-6-18-22-15-17(28)11-13-27(22,4)21-12-14-26(3)19(16(2)7-10-23(29)31-5)8-9-20(26)24(21)25(18)30/h6,16-17,19-22,24,28H,7-15H2,1-5H3/b18-6+/t16-,17-,19?,20?,21?,22?,24?,26-,27-/m1/s1. The fourth-order valence-electron chi connectivity index (χ4n) is 8.81. The Labute approximate surface area is 188 Å². The lowest BCUT2D eigenvalue weighted by Crippen LogP contribution is -2.58. The molecule has 4 aliphatic rings. The molecule has 0 spiro atoms. The highest BCUT2D eigenvalue weighted by atomic mass is 16.5. The Balaban J connectivity index is 1.61. The van der Waals surface area contributed by atoms with Crippen LogP contribution in [0.4, 0.5) is 0 Å². The third kappa shape index (κ3) is 3.52.